The molecule has 4 nitrogen and oxygen atoms in total. The Morgan fingerprint density at radius 3 is 2.07 bits per heavy atom. The number of hydrogen-bond acceptors (Lipinski definition) is 4. The highest BCUT2D eigenvalue weighted by Crippen LogP contribution is 2.40. The van der Waals surface area contributed by atoms with E-state index in [-0.39, 0.29) is 13.2 Å². The van der Waals surface area contributed by atoms with Crippen molar-refractivity contribution in [2.75, 3.05) is 13.2 Å². The van der Waals surface area contributed by atoms with Gasteiger partial charge in [0.05, 0.1) is 13.2 Å². The zero-order valence-electron chi connectivity index (χ0n) is 14.8. The lowest BCUT2D eigenvalue weighted by atomic mass is 9.86. The fourth-order valence-electron chi connectivity index (χ4n) is 1.21. The lowest BCUT2D eigenvalue weighted by molar-refractivity contribution is -0.171. The molecule has 4 heteroatoms. The number of esters is 2. The second-order valence-electron chi connectivity index (χ2n) is 2.95. The largest absolute Gasteiger partial charge is 0.465 e. The van der Waals surface area contributed by atoms with Gasteiger partial charge in [-0.3, -0.25) is 9.59 Å². The summed E-state index contributed by atoms with van der Waals surface area (Å²) in [6.07, 6.45) is -9.87. The lowest BCUT2D eigenvalue weighted by Gasteiger charge is -2.23. The summed E-state index contributed by atoms with van der Waals surface area (Å²) in [4.78, 5) is 24.4. The van der Waals surface area contributed by atoms with Crippen LogP contribution in [-0.2, 0) is 19.1 Å². The first kappa shape index (κ1) is 5.87. The smallest absolute Gasteiger partial charge is 0.323 e. The normalized spacial score (nSPS) is 34.5. The molecule has 0 amide bonds. The molecule has 15 heavy (non-hydrogen) atoms. The minimum absolute atomic E-state index is 0.151. The van der Waals surface area contributed by atoms with E-state index in [9.17, 15) is 9.59 Å². The SMILES string of the molecule is [2H]C1([2H])CC(C(=O)OCC)(C(=O)OCC)C([2H])([2H])C1([2H])[2H]. The highest BCUT2D eigenvalue weighted by atomic mass is 16.6. The predicted octanol–water partition coefficient (Wildman–Crippen LogP) is 1.67. The Kier molecular flexibility index (Phi) is 2.01. The molecule has 0 aliphatic heterocycles. The molecule has 0 aromatic carbocycles. The van der Waals surface area contributed by atoms with Crippen LogP contribution in [0.2, 0.25) is 0 Å². The van der Waals surface area contributed by atoms with Crippen molar-refractivity contribution in [1.29, 1.82) is 0 Å². The fourth-order valence-corrected chi connectivity index (χ4v) is 1.21. The number of rotatable bonds is 4. The van der Waals surface area contributed by atoms with Crippen molar-refractivity contribution in [2.45, 2.75) is 39.4 Å². The zero-order chi connectivity index (χ0) is 16.7. The molecular formula is C11H18O4. The van der Waals surface area contributed by atoms with Crippen LogP contribution in [0.1, 0.15) is 47.6 Å². The number of carbonyl (C=O) groups excluding carboxylic acids is 2. The van der Waals surface area contributed by atoms with E-state index in [2.05, 4.69) is 0 Å². The Labute approximate surface area is 98.4 Å². The third-order valence-corrected chi connectivity index (χ3v) is 1.97. The summed E-state index contributed by atoms with van der Waals surface area (Å²) in [7, 11) is 0. The molecular weight excluding hydrogens is 196 g/mol. The zero-order valence-corrected chi connectivity index (χ0v) is 8.75. The average Bonchev–Trinajstić information content (AvgIpc) is 2.45. The maximum atomic E-state index is 12.2. The highest BCUT2D eigenvalue weighted by molar-refractivity contribution is 6.00. The third-order valence-electron chi connectivity index (χ3n) is 1.97. The summed E-state index contributed by atoms with van der Waals surface area (Å²) in [6, 6.07) is 0. The van der Waals surface area contributed by atoms with E-state index < -0.39 is 42.9 Å². The van der Waals surface area contributed by atoms with Gasteiger partial charge in [-0.2, -0.15) is 0 Å². The molecule has 0 heterocycles. The molecule has 0 N–H and O–H groups in total. The monoisotopic (exact) mass is 220 g/mol. The first-order chi connectivity index (χ1) is 9.42. The van der Waals surface area contributed by atoms with Crippen molar-refractivity contribution in [3.8, 4) is 0 Å². The third kappa shape index (κ3) is 2.30. The van der Waals surface area contributed by atoms with Crippen LogP contribution in [0.4, 0.5) is 0 Å². The summed E-state index contributed by atoms with van der Waals surface area (Å²) in [5, 5.41) is 0. The van der Waals surface area contributed by atoms with Crippen LogP contribution >= 0.6 is 0 Å². The second kappa shape index (κ2) is 5.14. The molecule has 0 radical (unpaired) electrons. The average molecular weight is 220 g/mol. The Morgan fingerprint density at radius 2 is 1.73 bits per heavy atom. The van der Waals surface area contributed by atoms with Gasteiger partial charge in [-0.05, 0) is 26.6 Å². The van der Waals surface area contributed by atoms with Gasteiger partial charge < -0.3 is 9.47 Å². The van der Waals surface area contributed by atoms with E-state index in [1.165, 1.54) is 13.8 Å². The molecule has 0 spiro atoms. The number of carbonyl (C=O) groups is 2. The van der Waals surface area contributed by atoms with Gasteiger partial charge in [-0.15, -0.1) is 0 Å². The minimum atomic E-state index is -3.11. The summed E-state index contributed by atoms with van der Waals surface area (Å²) in [5.74, 6) is -2.61. The van der Waals surface area contributed by atoms with E-state index in [0.717, 1.165) is 0 Å². The van der Waals surface area contributed by atoms with Gasteiger partial charge in [-0.25, -0.2) is 0 Å². The Bertz CT molecular complexity index is 430. The van der Waals surface area contributed by atoms with Gasteiger partial charge in [0.25, 0.3) is 0 Å². The molecule has 1 aliphatic rings. The second-order valence-corrected chi connectivity index (χ2v) is 2.95. The summed E-state index contributed by atoms with van der Waals surface area (Å²) in [6.45, 7) is 2.60. The first-order valence-electron chi connectivity index (χ1n) is 7.77. The van der Waals surface area contributed by atoms with Crippen LogP contribution in [0.15, 0.2) is 0 Å². The number of hydrogen-bond donors (Lipinski definition) is 0. The van der Waals surface area contributed by atoms with E-state index in [1.807, 2.05) is 0 Å². The topological polar surface area (TPSA) is 52.6 Å². The summed E-state index contributed by atoms with van der Waals surface area (Å²) < 4.78 is 56.0. The van der Waals surface area contributed by atoms with Crippen molar-refractivity contribution in [3.05, 3.63) is 0 Å². The van der Waals surface area contributed by atoms with Crippen LogP contribution in [-0.4, -0.2) is 25.2 Å². The maximum absolute atomic E-state index is 12.2. The molecule has 0 aromatic heterocycles. The van der Waals surface area contributed by atoms with Gasteiger partial charge >= 0.3 is 11.9 Å². The van der Waals surface area contributed by atoms with E-state index in [0.29, 0.717) is 0 Å². The molecule has 86 valence electrons. The molecule has 1 fully saturated rings. The Hall–Kier alpha value is -1.06. The quantitative estimate of drug-likeness (QED) is 0.534. The molecule has 0 saturated heterocycles. The Balaban J connectivity index is 3.52. The standard InChI is InChI=1S/C11H18O4/c1-3-14-9(12)11(7-5-6-8-11)10(13)15-4-2/h3-8H2,1-2H3/i5D2,6D2,7D2. The first-order valence-corrected chi connectivity index (χ1v) is 4.77. The fraction of sp³-hybridized carbons (Fsp3) is 0.818. The van der Waals surface area contributed by atoms with Crippen molar-refractivity contribution < 1.29 is 27.3 Å². The minimum Gasteiger partial charge on any atom is -0.465 e. The molecule has 0 aromatic rings. The van der Waals surface area contributed by atoms with E-state index in [4.69, 9.17) is 17.7 Å². The van der Waals surface area contributed by atoms with Crippen LogP contribution in [0.3, 0.4) is 0 Å². The van der Waals surface area contributed by atoms with Gasteiger partial charge in [0.2, 0.25) is 0 Å². The molecule has 1 rings (SSSR count). The number of ether oxygens (including phenoxy) is 2. The molecule has 1 saturated carbocycles. The van der Waals surface area contributed by atoms with Gasteiger partial charge in [0, 0.05) is 8.22 Å². The van der Waals surface area contributed by atoms with Crippen molar-refractivity contribution in [2.24, 2.45) is 5.41 Å². The molecule has 0 unspecified atom stereocenters. The van der Waals surface area contributed by atoms with Crippen molar-refractivity contribution in [1.82, 2.24) is 0 Å². The van der Waals surface area contributed by atoms with E-state index >= 15 is 0 Å². The van der Waals surface area contributed by atoms with Crippen LogP contribution in [0.5, 0.6) is 0 Å². The maximum Gasteiger partial charge on any atom is 0.323 e. The Morgan fingerprint density at radius 1 is 1.20 bits per heavy atom. The molecule has 1 aliphatic carbocycles. The predicted molar refractivity (Wildman–Crippen MR) is 54.2 cm³/mol. The van der Waals surface area contributed by atoms with Crippen molar-refractivity contribution in [3.63, 3.8) is 0 Å². The van der Waals surface area contributed by atoms with Crippen LogP contribution in [0, 0.1) is 5.41 Å². The molecule has 0 atom stereocenters. The van der Waals surface area contributed by atoms with Crippen molar-refractivity contribution >= 4 is 11.9 Å². The van der Waals surface area contributed by atoms with Gasteiger partial charge in [-0.1, -0.05) is 12.7 Å². The summed E-state index contributed by atoms with van der Waals surface area (Å²) in [5.41, 5.74) is -2.66. The molecule has 0 bridgehead atoms. The van der Waals surface area contributed by atoms with E-state index in [1.54, 1.807) is 0 Å². The van der Waals surface area contributed by atoms with Gasteiger partial charge in [0.15, 0.2) is 5.41 Å². The van der Waals surface area contributed by atoms with Gasteiger partial charge in [0.1, 0.15) is 0 Å². The summed E-state index contributed by atoms with van der Waals surface area (Å²) >= 11 is 0. The van der Waals surface area contributed by atoms with Crippen LogP contribution < -0.4 is 0 Å². The highest BCUT2D eigenvalue weighted by Gasteiger charge is 2.50. The van der Waals surface area contributed by atoms with Crippen LogP contribution in [0.25, 0.3) is 0 Å². The lowest BCUT2D eigenvalue weighted by Crippen LogP contribution is -2.39.